The van der Waals surface area contributed by atoms with Gasteiger partial charge in [0, 0.05) is 19.3 Å². The minimum atomic E-state index is -0.804. The first-order chi connectivity index (χ1) is 31.0. The van der Waals surface area contributed by atoms with Gasteiger partial charge in [-0.25, -0.2) is 0 Å². The Morgan fingerprint density at radius 1 is 0.333 bits per heavy atom. The molecule has 0 saturated heterocycles. The van der Waals surface area contributed by atoms with Crippen molar-refractivity contribution in [2.75, 3.05) is 13.2 Å². The van der Waals surface area contributed by atoms with Gasteiger partial charge < -0.3 is 14.2 Å². The molecule has 0 aromatic rings. The molecule has 358 valence electrons. The molecule has 0 aromatic heterocycles. The molecule has 0 bridgehead atoms. The van der Waals surface area contributed by atoms with E-state index in [0.29, 0.717) is 19.3 Å². The van der Waals surface area contributed by atoms with E-state index in [0.717, 1.165) is 135 Å². The lowest BCUT2D eigenvalue weighted by Crippen LogP contribution is -2.30. The zero-order valence-corrected chi connectivity index (χ0v) is 40.8. The van der Waals surface area contributed by atoms with Crippen LogP contribution < -0.4 is 0 Å². The molecule has 0 spiro atoms. The van der Waals surface area contributed by atoms with Crippen molar-refractivity contribution in [3.05, 3.63) is 97.2 Å². The summed E-state index contributed by atoms with van der Waals surface area (Å²) in [6.07, 6.45) is 66.7. The SMILES string of the molecule is CC/C=C\C/C=C\C/C=C\C/C=C\CCCCCCC(=O)OCC(COC(=O)CCCCC/C=C\C/C=C\C/C=C\CC)OC(=O)CCCCCCC/C=C\CCCCCCCC. The summed E-state index contributed by atoms with van der Waals surface area (Å²) in [6, 6.07) is 0. The Kier molecular flexibility index (Phi) is 48.0. The maximum absolute atomic E-state index is 12.8. The van der Waals surface area contributed by atoms with Crippen molar-refractivity contribution in [1.82, 2.24) is 0 Å². The molecule has 63 heavy (non-hydrogen) atoms. The summed E-state index contributed by atoms with van der Waals surface area (Å²) in [4.78, 5) is 38.0. The molecule has 1 atom stereocenters. The van der Waals surface area contributed by atoms with E-state index in [9.17, 15) is 14.4 Å². The number of carbonyl (C=O) groups excluding carboxylic acids is 3. The fraction of sp³-hybridized carbons (Fsp3) is 0.667. The maximum atomic E-state index is 12.8. The van der Waals surface area contributed by atoms with Gasteiger partial charge in [-0.1, -0.05) is 189 Å². The van der Waals surface area contributed by atoms with E-state index in [1.165, 1.54) is 51.4 Å². The Labute approximate surface area is 387 Å². The molecule has 0 aromatic carbocycles. The third-order valence-electron chi connectivity index (χ3n) is 10.6. The molecule has 0 aliphatic rings. The van der Waals surface area contributed by atoms with Gasteiger partial charge in [-0.3, -0.25) is 14.4 Å². The van der Waals surface area contributed by atoms with Gasteiger partial charge in [-0.05, 0) is 116 Å². The van der Waals surface area contributed by atoms with E-state index in [4.69, 9.17) is 14.2 Å². The number of allylic oxidation sites excluding steroid dienone is 16. The largest absolute Gasteiger partial charge is 0.462 e. The van der Waals surface area contributed by atoms with Gasteiger partial charge in [0.25, 0.3) is 0 Å². The molecule has 0 amide bonds. The van der Waals surface area contributed by atoms with Crippen LogP contribution >= 0.6 is 0 Å². The first kappa shape index (κ1) is 59.3. The van der Waals surface area contributed by atoms with E-state index in [-0.39, 0.29) is 31.1 Å². The molecule has 0 aliphatic heterocycles. The molecular weight excluding hydrogens is 781 g/mol. The molecule has 0 saturated carbocycles. The van der Waals surface area contributed by atoms with Crippen LogP contribution in [0.5, 0.6) is 0 Å². The molecule has 0 rings (SSSR count). The first-order valence-corrected chi connectivity index (χ1v) is 25.7. The van der Waals surface area contributed by atoms with E-state index in [1.807, 2.05) is 0 Å². The quantitative estimate of drug-likeness (QED) is 0.0262. The molecule has 0 heterocycles. The van der Waals surface area contributed by atoms with Crippen LogP contribution in [0.4, 0.5) is 0 Å². The zero-order chi connectivity index (χ0) is 45.8. The van der Waals surface area contributed by atoms with Crippen molar-refractivity contribution in [3.8, 4) is 0 Å². The van der Waals surface area contributed by atoms with Crippen LogP contribution in [0.1, 0.15) is 226 Å². The van der Waals surface area contributed by atoms with E-state index in [2.05, 4.69) is 118 Å². The normalized spacial score (nSPS) is 12.9. The number of esters is 3. The summed E-state index contributed by atoms with van der Waals surface area (Å²) in [5.74, 6) is -0.967. The van der Waals surface area contributed by atoms with Gasteiger partial charge in [0.15, 0.2) is 6.10 Å². The van der Waals surface area contributed by atoms with Crippen LogP contribution in [0, 0.1) is 0 Å². The number of unbranched alkanes of at least 4 members (excludes halogenated alkanes) is 18. The summed E-state index contributed by atoms with van der Waals surface area (Å²) in [7, 11) is 0. The highest BCUT2D eigenvalue weighted by Crippen LogP contribution is 2.13. The highest BCUT2D eigenvalue weighted by atomic mass is 16.6. The molecule has 6 heteroatoms. The fourth-order valence-corrected chi connectivity index (χ4v) is 6.73. The molecule has 0 fully saturated rings. The van der Waals surface area contributed by atoms with Crippen LogP contribution in [-0.4, -0.2) is 37.2 Å². The van der Waals surface area contributed by atoms with Crippen molar-refractivity contribution < 1.29 is 28.6 Å². The van der Waals surface area contributed by atoms with E-state index in [1.54, 1.807) is 0 Å². The van der Waals surface area contributed by atoms with Gasteiger partial charge in [0.2, 0.25) is 0 Å². The second-order valence-electron chi connectivity index (χ2n) is 16.7. The van der Waals surface area contributed by atoms with Crippen LogP contribution in [-0.2, 0) is 28.6 Å². The summed E-state index contributed by atoms with van der Waals surface area (Å²) < 4.78 is 16.7. The van der Waals surface area contributed by atoms with Gasteiger partial charge in [-0.2, -0.15) is 0 Å². The molecule has 1 unspecified atom stereocenters. The van der Waals surface area contributed by atoms with Gasteiger partial charge >= 0.3 is 17.9 Å². The summed E-state index contributed by atoms with van der Waals surface area (Å²) in [6.45, 7) is 6.34. The minimum absolute atomic E-state index is 0.104. The van der Waals surface area contributed by atoms with Crippen molar-refractivity contribution in [2.24, 2.45) is 0 Å². The lowest BCUT2D eigenvalue weighted by molar-refractivity contribution is -0.167. The Hall–Kier alpha value is -3.67. The van der Waals surface area contributed by atoms with E-state index >= 15 is 0 Å². The van der Waals surface area contributed by atoms with Crippen LogP contribution in [0.25, 0.3) is 0 Å². The highest BCUT2D eigenvalue weighted by Gasteiger charge is 2.19. The smallest absolute Gasteiger partial charge is 0.306 e. The van der Waals surface area contributed by atoms with Crippen LogP contribution in [0.2, 0.25) is 0 Å². The van der Waals surface area contributed by atoms with Gasteiger partial charge in [0.05, 0.1) is 0 Å². The summed E-state index contributed by atoms with van der Waals surface area (Å²) >= 11 is 0. The second-order valence-corrected chi connectivity index (χ2v) is 16.7. The zero-order valence-electron chi connectivity index (χ0n) is 40.8. The standard InChI is InChI=1S/C57H94O6/c1-4-7-10-13-16-19-22-25-27-28-30-32-35-38-41-44-47-50-56(59)62-53-54(52-61-55(58)49-46-43-40-37-34-31-24-21-18-15-12-9-6-3)63-57(60)51-48-45-42-39-36-33-29-26-23-20-17-14-11-8-5-2/h7,9-10,12,16,18-19,21,25-27,29-32,34,54H,4-6,8,11,13-15,17,20,22-24,28,33,35-53H2,1-3H3/b10-7-,12-9-,19-16-,21-18-,27-25-,29-26-,32-30-,34-31-. The molecule has 0 radical (unpaired) electrons. The molecule has 0 aliphatic carbocycles. The third-order valence-corrected chi connectivity index (χ3v) is 10.6. The highest BCUT2D eigenvalue weighted by molar-refractivity contribution is 5.71. The lowest BCUT2D eigenvalue weighted by Gasteiger charge is -2.18. The third kappa shape index (κ3) is 49.2. The van der Waals surface area contributed by atoms with Crippen molar-refractivity contribution in [1.29, 1.82) is 0 Å². The number of hydrogen-bond acceptors (Lipinski definition) is 6. The van der Waals surface area contributed by atoms with Gasteiger partial charge in [0.1, 0.15) is 13.2 Å². The Morgan fingerprint density at radius 3 is 1.00 bits per heavy atom. The molecular formula is C57H94O6. The topological polar surface area (TPSA) is 78.9 Å². The monoisotopic (exact) mass is 875 g/mol. The van der Waals surface area contributed by atoms with E-state index < -0.39 is 6.10 Å². The molecule has 6 nitrogen and oxygen atoms in total. The number of rotatable bonds is 45. The number of carbonyl (C=O) groups is 3. The predicted molar refractivity (Wildman–Crippen MR) is 270 cm³/mol. The first-order valence-electron chi connectivity index (χ1n) is 25.7. The van der Waals surface area contributed by atoms with Crippen LogP contribution in [0.15, 0.2) is 97.2 Å². The molecule has 0 N–H and O–H groups in total. The summed E-state index contributed by atoms with van der Waals surface area (Å²) in [5.41, 5.74) is 0. The van der Waals surface area contributed by atoms with Gasteiger partial charge in [-0.15, -0.1) is 0 Å². The summed E-state index contributed by atoms with van der Waals surface area (Å²) in [5, 5.41) is 0. The second kappa shape index (κ2) is 51.0. The Bertz CT molecular complexity index is 1280. The Balaban J connectivity index is 4.49. The Morgan fingerprint density at radius 2 is 0.619 bits per heavy atom. The average molecular weight is 875 g/mol. The fourth-order valence-electron chi connectivity index (χ4n) is 6.73. The van der Waals surface area contributed by atoms with Crippen LogP contribution in [0.3, 0.4) is 0 Å². The minimum Gasteiger partial charge on any atom is -0.462 e. The van der Waals surface area contributed by atoms with Crippen molar-refractivity contribution in [2.45, 2.75) is 232 Å². The van der Waals surface area contributed by atoms with Crippen molar-refractivity contribution in [3.63, 3.8) is 0 Å². The average Bonchev–Trinajstić information content (AvgIpc) is 3.28. The predicted octanol–water partition coefficient (Wildman–Crippen LogP) is 17.0. The maximum Gasteiger partial charge on any atom is 0.306 e. The lowest BCUT2D eigenvalue weighted by atomic mass is 10.1. The van der Waals surface area contributed by atoms with Crippen molar-refractivity contribution >= 4 is 17.9 Å². The number of hydrogen-bond donors (Lipinski definition) is 0. The number of ether oxygens (including phenoxy) is 3.